The maximum atomic E-state index is 11.8. The molecule has 1 aromatic heterocycles. The molecule has 0 spiro atoms. The second kappa shape index (κ2) is 3.92. The molecule has 0 unspecified atom stereocenters. The van der Waals surface area contributed by atoms with Crippen molar-refractivity contribution in [2.75, 3.05) is 0 Å². The van der Waals surface area contributed by atoms with E-state index in [1.807, 2.05) is 0 Å². The highest BCUT2D eigenvalue weighted by molar-refractivity contribution is 6.09. The lowest BCUT2D eigenvalue weighted by atomic mass is 10.0. The maximum Gasteiger partial charge on any atom is 0.196 e. The van der Waals surface area contributed by atoms with E-state index in [2.05, 4.69) is 0 Å². The lowest BCUT2D eigenvalue weighted by Crippen LogP contribution is -1.99. The van der Waals surface area contributed by atoms with Gasteiger partial charge in [-0.05, 0) is 12.1 Å². The summed E-state index contributed by atoms with van der Waals surface area (Å²) in [5.41, 5.74) is 1.46. The molecule has 3 heteroatoms. The normalized spacial score (nSPS) is 9.87. The molecule has 0 saturated carbocycles. The summed E-state index contributed by atoms with van der Waals surface area (Å²) in [7, 11) is 0. The third-order valence-corrected chi connectivity index (χ3v) is 2.07. The summed E-state index contributed by atoms with van der Waals surface area (Å²) >= 11 is 0. The Hall–Kier alpha value is -2.16. The average molecular weight is 200 g/mol. The van der Waals surface area contributed by atoms with Crippen LogP contribution >= 0.6 is 0 Å². The van der Waals surface area contributed by atoms with Crippen molar-refractivity contribution in [3.8, 4) is 0 Å². The Kier molecular flexibility index (Phi) is 2.46. The smallest absolute Gasteiger partial charge is 0.196 e. The van der Waals surface area contributed by atoms with Crippen LogP contribution in [0.5, 0.6) is 0 Å². The molecule has 74 valence electrons. The van der Waals surface area contributed by atoms with Crippen LogP contribution in [0.4, 0.5) is 0 Å². The Morgan fingerprint density at radius 1 is 1.20 bits per heavy atom. The number of carbonyl (C=O) groups excluding carboxylic acids is 2. The SMILES string of the molecule is O=Cc1cccc(C(=O)c2ccoc2)c1. The van der Waals surface area contributed by atoms with Gasteiger partial charge in [0.05, 0.1) is 11.8 Å². The van der Waals surface area contributed by atoms with Crippen LogP contribution in [0.1, 0.15) is 26.3 Å². The third kappa shape index (κ3) is 1.86. The van der Waals surface area contributed by atoms with Crippen molar-refractivity contribution in [2.45, 2.75) is 0 Å². The summed E-state index contributed by atoms with van der Waals surface area (Å²) in [5, 5.41) is 0. The molecule has 0 aliphatic carbocycles. The summed E-state index contributed by atoms with van der Waals surface area (Å²) in [6.07, 6.45) is 3.54. The van der Waals surface area contributed by atoms with Gasteiger partial charge in [-0.1, -0.05) is 18.2 Å². The predicted octanol–water partition coefficient (Wildman–Crippen LogP) is 2.32. The number of furan rings is 1. The van der Waals surface area contributed by atoms with Gasteiger partial charge in [-0.2, -0.15) is 0 Å². The van der Waals surface area contributed by atoms with Crippen molar-refractivity contribution in [1.82, 2.24) is 0 Å². The minimum Gasteiger partial charge on any atom is -0.472 e. The molecule has 0 bridgehead atoms. The van der Waals surface area contributed by atoms with E-state index in [9.17, 15) is 9.59 Å². The highest BCUT2D eigenvalue weighted by Gasteiger charge is 2.09. The first kappa shape index (κ1) is 9.40. The van der Waals surface area contributed by atoms with Crippen LogP contribution in [0.15, 0.2) is 47.3 Å². The largest absolute Gasteiger partial charge is 0.472 e. The number of hydrogen-bond acceptors (Lipinski definition) is 3. The first-order valence-electron chi connectivity index (χ1n) is 4.43. The molecule has 15 heavy (non-hydrogen) atoms. The summed E-state index contributed by atoms with van der Waals surface area (Å²) in [6, 6.07) is 8.15. The molecular formula is C12H8O3. The lowest BCUT2D eigenvalue weighted by Gasteiger charge is -1.98. The number of benzene rings is 1. The Balaban J connectivity index is 2.38. The van der Waals surface area contributed by atoms with Crippen LogP contribution in [0, 0.1) is 0 Å². The fraction of sp³-hybridized carbons (Fsp3) is 0. The van der Waals surface area contributed by atoms with E-state index in [4.69, 9.17) is 4.42 Å². The molecule has 0 aliphatic heterocycles. The van der Waals surface area contributed by atoms with Gasteiger partial charge in [-0.25, -0.2) is 0 Å². The number of hydrogen-bond donors (Lipinski definition) is 0. The molecule has 0 amide bonds. The van der Waals surface area contributed by atoms with Crippen molar-refractivity contribution < 1.29 is 14.0 Å². The van der Waals surface area contributed by atoms with Crippen LogP contribution in [-0.2, 0) is 0 Å². The van der Waals surface area contributed by atoms with Gasteiger partial charge in [0.15, 0.2) is 5.78 Å². The van der Waals surface area contributed by atoms with E-state index in [0.717, 1.165) is 0 Å². The molecule has 1 aromatic carbocycles. The Morgan fingerprint density at radius 2 is 2.07 bits per heavy atom. The quantitative estimate of drug-likeness (QED) is 0.564. The Bertz CT molecular complexity index is 483. The van der Waals surface area contributed by atoms with E-state index < -0.39 is 0 Å². The van der Waals surface area contributed by atoms with Crippen molar-refractivity contribution in [3.63, 3.8) is 0 Å². The fourth-order valence-corrected chi connectivity index (χ4v) is 1.31. The van der Waals surface area contributed by atoms with Gasteiger partial charge >= 0.3 is 0 Å². The summed E-state index contributed by atoms with van der Waals surface area (Å²) in [5.74, 6) is -0.146. The number of carbonyl (C=O) groups is 2. The highest BCUT2D eigenvalue weighted by atomic mass is 16.3. The van der Waals surface area contributed by atoms with Crippen molar-refractivity contribution in [3.05, 3.63) is 59.5 Å². The molecule has 1 heterocycles. The van der Waals surface area contributed by atoms with Gasteiger partial charge in [-0.3, -0.25) is 9.59 Å². The molecule has 3 nitrogen and oxygen atoms in total. The zero-order chi connectivity index (χ0) is 10.7. The third-order valence-electron chi connectivity index (χ3n) is 2.07. The molecule has 0 fully saturated rings. The zero-order valence-electron chi connectivity index (χ0n) is 7.84. The van der Waals surface area contributed by atoms with Crippen molar-refractivity contribution in [1.29, 1.82) is 0 Å². The molecule has 0 aliphatic rings. The van der Waals surface area contributed by atoms with Gasteiger partial charge in [0.1, 0.15) is 12.5 Å². The number of ketones is 1. The minimum atomic E-state index is -0.146. The van der Waals surface area contributed by atoms with Crippen LogP contribution < -0.4 is 0 Å². The monoisotopic (exact) mass is 200 g/mol. The van der Waals surface area contributed by atoms with Gasteiger partial charge in [-0.15, -0.1) is 0 Å². The van der Waals surface area contributed by atoms with E-state index in [1.54, 1.807) is 30.3 Å². The van der Waals surface area contributed by atoms with Crippen LogP contribution in [-0.4, -0.2) is 12.1 Å². The molecule has 2 rings (SSSR count). The van der Waals surface area contributed by atoms with Gasteiger partial charge in [0, 0.05) is 11.1 Å². The summed E-state index contributed by atoms with van der Waals surface area (Å²) in [6.45, 7) is 0. The minimum absolute atomic E-state index is 0.146. The van der Waals surface area contributed by atoms with Crippen LogP contribution in [0.2, 0.25) is 0 Å². The van der Waals surface area contributed by atoms with E-state index >= 15 is 0 Å². The Labute approximate surface area is 86.3 Å². The van der Waals surface area contributed by atoms with Gasteiger partial charge < -0.3 is 4.42 Å². The van der Waals surface area contributed by atoms with Crippen LogP contribution in [0.3, 0.4) is 0 Å². The zero-order valence-corrected chi connectivity index (χ0v) is 7.84. The van der Waals surface area contributed by atoms with E-state index in [-0.39, 0.29) is 5.78 Å². The molecular weight excluding hydrogens is 192 g/mol. The molecule has 0 radical (unpaired) electrons. The first-order valence-corrected chi connectivity index (χ1v) is 4.43. The first-order chi connectivity index (χ1) is 7.31. The number of rotatable bonds is 3. The molecule has 0 saturated heterocycles. The second-order valence-corrected chi connectivity index (χ2v) is 3.08. The lowest BCUT2D eigenvalue weighted by molar-refractivity contribution is 0.103. The second-order valence-electron chi connectivity index (χ2n) is 3.08. The number of aldehydes is 1. The van der Waals surface area contributed by atoms with E-state index in [1.165, 1.54) is 12.5 Å². The van der Waals surface area contributed by atoms with Gasteiger partial charge in [0.2, 0.25) is 0 Å². The highest BCUT2D eigenvalue weighted by Crippen LogP contribution is 2.11. The average Bonchev–Trinajstić information content (AvgIpc) is 2.81. The summed E-state index contributed by atoms with van der Waals surface area (Å²) in [4.78, 5) is 22.3. The maximum absolute atomic E-state index is 11.8. The molecule has 0 N–H and O–H groups in total. The molecule has 0 atom stereocenters. The van der Waals surface area contributed by atoms with Crippen molar-refractivity contribution >= 4 is 12.1 Å². The standard InChI is InChI=1S/C12H8O3/c13-7-9-2-1-3-10(6-9)12(14)11-4-5-15-8-11/h1-8H. The topological polar surface area (TPSA) is 47.3 Å². The molecule has 2 aromatic rings. The van der Waals surface area contributed by atoms with Gasteiger partial charge in [0.25, 0.3) is 0 Å². The Morgan fingerprint density at radius 3 is 2.73 bits per heavy atom. The van der Waals surface area contributed by atoms with Crippen LogP contribution in [0.25, 0.3) is 0 Å². The summed E-state index contributed by atoms with van der Waals surface area (Å²) < 4.78 is 4.82. The van der Waals surface area contributed by atoms with E-state index in [0.29, 0.717) is 23.0 Å². The fourth-order valence-electron chi connectivity index (χ4n) is 1.31. The van der Waals surface area contributed by atoms with Crippen molar-refractivity contribution in [2.24, 2.45) is 0 Å². The predicted molar refractivity (Wildman–Crippen MR) is 54.0 cm³/mol.